The van der Waals surface area contributed by atoms with Crippen molar-refractivity contribution in [2.24, 2.45) is 0 Å². The summed E-state index contributed by atoms with van der Waals surface area (Å²) in [6.45, 7) is 1.08. The molecule has 16 heavy (non-hydrogen) atoms. The molecule has 1 heterocycles. The van der Waals surface area contributed by atoms with Crippen LogP contribution in [0.4, 0.5) is 0 Å². The summed E-state index contributed by atoms with van der Waals surface area (Å²) in [4.78, 5) is 0. The molecule has 0 radical (unpaired) electrons. The Labute approximate surface area is 100 Å². The van der Waals surface area contributed by atoms with E-state index in [4.69, 9.17) is 16.3 Å². The first kappa shape index (κ1) is 11.6. The largest absolute Gasteiger partial charge is 0.506 e. The predicted octanol–water partition coefficient (Wildman–Crippen LogP) is 2.35. The average molecular weight is 242 g/mol. The van der Waals surface area contributed by atoms with Crippen molar-refractivity contribution in [1.29, 1.82) is 0 Å². The minimum Gasteiger partial charge on any atom is -0.506 e. The first-order valence-corrected chi connectivity index (χ1v) is 5.88. The van der Waals surface area contributed by atoms with Gasteiger partial charge < -0.3 is 15.2 Å². The zero-order chi connectivity index (χ0) is 11.5. The lowest BCUT2D eigenvalue weighted by Gasteiger charge is -2.15. The first-order chi connectivity index (χ1) is 7.72. The molecule has 1 fully saturated rings. The SMILES string of the molecule is COc1c(CC2CCCN2)ccc(O)c1Cl. The number of phenols is 1. The Morgan fingerprint density at radius 3 is 3.00 bits per heavy atom. The van der Waals surface area contributed by atoms with Crippen molar-refractivity contribution < 1.29 is 9.84 Å². The lowest BCUT2D eigenvalue weighted by Crippen LogP contribution is -2.23. The Morgan fingerprint density at radius 1 is 1.56 bits per heavy atom. The van der Waals surface area contributed by atoms with Crippen molar-refractivity contribution in [2.45, 2.75) is 25.3 Å². The summed E-state index contributed by atoms with van der Waals surface area (Å²) in [5, 5.41) is 13.2. The maximum Gasteiger partial charge on any atom is 0.144 e. The number of hydrogen-bond donors (Lipinski definition) is 2. The number of methoxy groups -OCH3 is 1. The van der Waals surface area contributed by atoms with Gasteiger partial charge in [0.2, 0.25) is 0 Å². The maximum absolute atomic E-state index is 9.49. The highest BCUT2D eigenvalue weighted by molar-refractivity contribution is 6.33. The molecule has 2 N–H and O–H groups in total. The Bertz CT molecular complexity index is 376. The second-order valence-electron chi connectivity index (χ2n) is 4.09. The van der Waals surface area contributed by atoms with Gasteiger partial charge in [-0.3, -0.25) is 0 Å². The Balaban J connectivity index is 2.22. The smallest absolute Gasteiger partial charge is 0.144 e. The van der Waals surface area contributed by atoms with Crippen LogP contribution in [0.5, 0.6) is 11.5 Å². The maximum atomic E-state index is 9.49. The number of hydrogen-bond acceptors (Lipinski definition) is 3. The number of benzene rings is 1. The van der Waals surface area contributed by atoms with Crippen molar-refractivity contribution in [3.63, 3.8) is 0 Å². The van der Waals surface area contributed by atoms with E-state index in [2.05, 4.69) is 5.32 Å². The number of ether oxygens (including phenoxy) is 1. The second kappa shape index (κ2) is 4.93. The van der Waals surface area contributed by atoms with Crippen LogP contribution in [0, 0.1) is 0 Å². The number of nitrogens with one attached hydrogen (secondary N) is 1. The fraction of sp³-hybridized carbons (Fsp3) is 0.500. The molecular weight excluding hydrogens is 226 g/mol. The van der Waals surface area contributed by atoms with Crippen LogP contribution in [-0.2, 0) is 6.42 Å². The van der Waals surface area contributed by atoms with Crippen LogP contribution in [-0.4, -0.2) is 24.8 Å². The van der Waals surface area contributed by atoms with E-state index in [-0.39, 0.29) is 5.75 Å². The van der Waals surface area contributed by atoms with Gasteiger partial charge in [-0.25, -0.2) is 0 Å². The molecule has 1 aliphatic heterocycles. The van der Waals surface area contributed by atoms with Gasteiger partial charge in [-0.05, 0) is 37.4 Å². The van der Waals surface area contributed by atoms with Gasteiger partial charge in [0.1, 0.15) is 16.5 Å². The van der Waals surface area contributed by atoms with Gasteiger partial charge in [0.25, 0.3) is 0 Å². The van der Waals surface area contributed by atoms with E-state index in [0.717, 1.165) is 18.5 Å². The van der Waals surface area contributed by atoms with Crippen LogP contribution < -0.4 is 10.1 Å². The van der Waals surface area contributed by atoms with Crippen molar-refractivity contribution in [2.75, 3.05) is 13.7 Å². The van der Waals surface area contributed by atoms with Gasteiger partial charge in [0, 0.05) is 6.04 Å². The fourth-order valence-corrected chi connectivity index (χ4v) is 2.43. The van der Waals surface area contributed by atoms with Gasteiger partial charge in [-0.1, -0.05) is 17.7 Å². The van der Waals surface area contributed by atoms with Crippen LogP contribution in [0.1, 0.15) is 18.4 Å². The molecule has 0 amide bonds. The number of halogens is 1. The topological polar surface area (TPSA) is 41.5 Å². The van der Waals surface area contributed by atoms with Crippen LogP contribution in [0.2, 0.25) is 5.02 Å². The van der Waals surface area contributed by atoms with Gasteiger partial charge in [0.15, 0.2) is 0 Å². The molecule has 1 aliphatic rings. The quantitative estimate of drug-likeness (QED) is 0.854. The molecule has 1 saturated heterocycles. The second-order valence-corrected chi connectivity index (χ2v) is 4.47. The lowest BCUT2D eigenvalue weighted by atomic mass is 10.0. The molecule has 0 saturated carbocycles. The molecule has 3 nitrogen and oxygen atoms in total. The van der Waals surface area contributed by atoms with Crippen molar-refractivity contribution >= 4 is 11.6 Å². The Morgan fingerprint density at radius 2 is 2.38 bits per heavy atom. The first-order valence-electron chi connectivity index (χ1n) is 5.50. The van der Waals surface area contributed by atoms with E-state index in [1.165, 1.54) is 12.8 Å². The monoisotopic (exact) mass is 241 g/mol. The third kappa shape index (κ3) is 2.25. The molecule has 88 valence electrons. The molecule has 4 heteroatoms. The zero-order valence-electron chi connectivity index (χ0n) is 9.29. The van der Waals surface area contributed by atoms with E-state index >= 15 is 0 Å². The molecule has 1 aromatic rings. The number of aromatic hydroxyl groups is 1. The van der Waals surface area contributed by atoms with Crippen LogP contribution in [0.15, 0.2) is 12.1 Å². The highest BCUT2D eigenvalue weighted by Gasteiger charge is 2.18. The van der Waals surface area contributed by atoms with Crippen LogP contribution >= 0.6 is 11.6 Å². The Kier molecular flexibility index (Phi) is 3.56. The van der Waals surface area contributed by atoms with Crippen LogP contribution in [0.3, 0.4) is 0 Å². The number of phenolic OH excluding ortho intramolecular Hbond substituents is 1. The molecule has 0 aromatic heterocycles. The third-order valence-corrected chi connectivity index (χ3v) is 3.36. The number of rotatable bonds is 3. The predicted molar refractivity (Wildman–Crippen MR) is 64.4 cm³/mol. The fourth-order valence-electron chi connectivity index (χ4n) is 2.16. The molecular formula is C12H16ClNO2. The molecule has 0 bridgehead atoms. The molecule has 1 unspecified atom stereocenters. The van der Waals surface area contributed by atoms with Crippen molar-refractivity contribution in [3.8, 4) is 11.5 Å². The van der Waals surface area contributed by atoms with Gasteiger partial charge >= 0.3 is 0 Å². The van der Waals surface area contributed by atoms with E-state index in [9.17, 15) is 5.11 Å². The standard InChI is InChI=1S/C12H16ClNO2/c1-16-12-8(4-5-10(15)11(12)13)7-9-3-2-6-14-9/h4-5,9,14-15H,2-3,6-7H2,1H3. The highest BCUT2D eigenvalue weighted by Crippen LogP contribution is 2.36. The summed E-state index contributed by atoms with van der Waals surface area (Å²) in [6.07, 6.45) is 3.30. The summed E-state index contributed by atoms with van der Waals surface area (Å²) >= 11 is 5.99. The van der Waals surface area contributed by atoms with Gasteiger partial charge in [0.05, 0.1) is 7.11 Å². The lowest BCUT2D eigenvalue weighted by molar-refractivity contribution is 0.400. The van der Waals surface area contributed by atoms with Gasteiger partial charge in [-0.2, -0.15) is 0 Å². The minimum absolute atomic E-state index is 0.0710. The summed E-state index contributed by atoms with van der Waals surface area (Å²) < 4.78 is 5.25. The van der Waals surface area contributed by atoms with Crippen molar-refractivity contribution in [1.82, 2.24) is 5.32 Å². The van der Waals surface area contributed by atoms with E-state index < -0.39 is 0 Å². The Hall–Kier alpha value is -0.930. The molecule has 1 aromatic carbocycles. The van der Waals surface area contributed by atoms with Gasteiger partial charge in [-0.15, -0.1) is 0 Å². The van der Waals surface area contributed by atoms with E-state index in [1.807, 2.05) is 6.07 Å². The normalized spacial score (nSPS) is 20.0. The molecule has 1 atom stereocenters. The zero-order valence-corrected chi connectivity index (χ0v) is 10.0. The van der Waals surface area contributed by atoms with E-state index in [0.29, 0.717) is 16.8 Å². The van der Waals surface area contributed by atoms with Crippen LogP contribution in [0.25, 0.3) is 0 Å². The minimum atomic E-state index is 0.0710. The summed E-state index contributed by atoms with van der Waals surface area (Å²) in [7, 11) is 1.58. The highest BCUT2D eigenvalue weighted by atomic mass is 35.5. The summed E-state index contributed by atoms with van der Waals surface area (Å²) in [5.41, 5.74) is 1.05. The molecule has 0 spiro atoms. The summed E-state index contributed by atoms with van der Waals surface area (Å²) in [6, 6.07) is 3.99. The third-order valence-electron chi connectivity index (χ3n) is 2.99. The average Bonchev–Trinajstić information content (AvgIpc) is 2.77. The molecule has 0 aliphatic carbocycles. The summed E-state index contributed by atoms with van der Waals surface area (Å²) in [5.74, 6) is 0.664. The molecule has 2 rings (SSSR count). The van der Waals surface area contributed by atoms with Crippen molar-refractivity contribution in [3.05, 3.63) is 22.7 Å². The van der Waals surface area contributed by atoms with E-state index in [1.54, 1.807) is 13.2 Å².